The first-order chi connectivity index (χ1) is 61.6. The Morgan fingerprint density at radius 1 is 0.286 bits per heavy atom. The topological polar surface area (TPSA) is 248 Å². The zero-order valence-corrected chi connectivity index (χ0v) is 69.7. The third kappa shape index (κ3) is 20.3. The lowest BCUT2D eigenvalue weighted by molar-refractivity contribution is 0.101. The van der Waals surface area contributed by atoms with E-state index in [0.717, 1.165) is 116 Å². The first kappa shape index (κ1) is 83.0. The van der Waals surface area contributed by atoms with E-state index in [9.17, 15) is 24.0 Å². The highest BCUT2D eigenvalue weighted by molar-refractivity contribution is 6.13. The number of para-hydroxylation sites is 5. The van der Waals surface area contributed by atoms with E-state index in [-0.39, 0.29) is 29.5 Å². The molecule has 21 heteroatoms. The fourth-order valence-electron chi connectivity index (χ4n) is 14.9. The molecule has 0 radical (unpaired) electrons. The molecule has 0 aliphatic rings. The maximum atomic E-state index is 12.5. The molecule has 0 bridgehead atoms. The third-order valence-electron chi connectivity index (χ3n) is 21.5. The van der Waals surface area contributed by atoms with Crippen molar-refractivity contribution in [2.75, 3.05) is 26.6 Å². The number of hydrogen-bond acceptors (Lipinski definition) is 11. The van der Waals surface area contributed by atoms with Crippen molar-refractivity contribution in [3.63, 3.8) is 0 Å². The van der Waals surface area contributed by atoms with Crippen LogP contribution in [0.5, 0.6) is 0 Å². The molecule has 5 amide bonds. The Balaban J connectivity index is 0.000000116. The summed E-state index contributed by atoms with van der Waals surface area (Å²) in [7, 11) is 0. The first-order valence-corrected chi connectivity index (χ1v) is 41.1. The summed E-state index contributed by atoms with van der Waals surface area (Å²) in [5.41, 5.74) is 22.9. The van der Waals surface area contributed by atoms with Gasteiger partial charge >= 0.3 is 0 Å². The van der Waals surface area contributed by atoms with E-state index in [1.54, 1.807) is 36.5 Å². The summed E-state index contributed by atoms with van der Waals surface area (Å²) in [6.07, 6.45) is 24.8. The summed E-state index contributed by atoms with van der Waals surface area (Å²) in [5.74, 6) is -0.946. The van der Waals surface area contributed by atoms with Gasteiger partial charge in [-0.3, -0.25) is 29.0 Å². The Morgan fingerprint density at radius 3 is 0.905 bits per heavy atom. The molecule has 0 atom stereocenters. The molecule has 10 heterocycles. The molecule has 0 aliphatic heterocycles. The van der Waals surface area contributed by atoms with Gasteiger partial charge in [0.2, 0.25) is 0 Å². The third-order valence-corrected chi connectivity index (χ3v) is 21.5. The lowest BCUT2D eigenvalue weighted by Gasteiger charge is -2.08. The van der Waals surface area contributed by atoms with E-state index in [1.807, 2.05) is 152 Å². The smallest absolute Gasteiger partial charge is 0.274 e. The molecule has 21 nitrogen and oxygen atoms in total. The van der Waals surface area contributed by atoms with E-state index in [1.165, 1.54) is 106 Å². The van der Waals surface area contributed by atoms with Crippen LogP contribution in [0.3, 0.4) is 0 Å². The van der Waals surface area contributed by atoms with Gasteiger partial charge in [-0.05, 0) is 122 Å². The summed E-state index contributed by atoms with van der Waals surface area (Å²) >= 11 is 0. The van der Waals surface area contributed by atoms with E-state index < -0.39 is 0 Å². The summed E-state index contributed by atoms with van der Waals surface area (Å²) < 4.78 is 25.7. The molecule has 10 aromatic carbocycles. The first-order valence-electron chi connectivity index (χ1n) is 41.1. The number of hydrogen-bond donors (Lipinski definition) is 5. The number of carbonyl (C=O) groups excluding carboxylic acids is 5. The van der Waals surface area contributed by atoms with Gasteiger partial charge in [0, 0.05) is 109 Å². The van der Waals surface area contributed by atoms with E-state index in [0.29, 0.717) is 27.9 Å². The number of nitrogens with zero attached hydrogens (tertiary/aromatic N) is 8. The minimum Gasteiger partial charge on any atom is -0.472 e. The van der Waals surface area contributed by atoms with Crippen molar-refractivity contribution in [2.45, 2.75) is 60.4 Å². The van der Waals surface area contributed by atoms with Crippen molar-refractivity contribution >= 4 is 112 Å². The zero-order chi connectivity index (χ0) is 86.7. The molecule has 0 spiro atoms. The normalized spacial score (nSPS) is 10.9. The SMILES string of the molecule is Cc1ccc(Cn2cc(NC(=O)c3ccccn3)c3ccccc32)cc1.Cc1ccc(Cn2cc(NC(=O)c3ccoc3)c3ccccc32)cc1.Cc1ccc(Cn2cc(NC(=O)c3cncnc3)c3ccccc32)cc1.Cc1ccccc1Cn1cc(NC(=O)c2ccoc2)c2ccccc21.O=C(Nc1cn(Cc2ccccc2)c2ccccc12)c1ccoc1. The fourth-order valence-corrected chi connectivity index (χ4v) is 14.9. The van der Waals surface area contributed by atoms with Gasteiger partial charge in [-0.15, -0.1) is 0 Å². The summed E-state index contributed by atoms with van der Waals surface area (Å²) in [6, 6.07) is 94.7. The number of furan rings is 3. The largest absolute Gasteiger partial charge is 0.472 e. The second-order valence-corrected chi connectivity index (χ2v) is 30.5. The van der Waals surface area contributed by atoms with Crippen molar-refractivity contribution in [2.24, 2.45) is 0 Å². The van der Waals surface area contributed by atoms with Gasteiger partial charge in [-0.2, -0.15) is 0 Å². The highest BCUT2D eigenvalue weighted by Gasteiger charge is 2.20. The number of carbonyl (C=O) groups is 5. The van der Waals surface area contributed by atoms with Crippen LogP contribution in [0.15, 0.2) is 392 Å². The van der Waals surface area contributed by atoms with Crippen LogP contribution >= 0.6 is 0 Å². The molecular formula is C105H89N13O8. The van der Waals surface area contributed by atoms with Gasteiger partial charge in [0.15, 0.2) is 0 Å². The predicted molar refractivity (Wildman–Crippen MR) is 499 cm³/mol. The fraction of sp³-hybridized carbons (Fsp3) is 0.0857. The highest BCUT2D eigenvalue weighted by atomic mass is 16.3. The van der Waals surface area contributed by atoms with Crippen molar-refractivity contribution in [1.82, 2.24) is 37.8 Å². The van der Waals surface area contributed by atoms with Gasteiger partial charge in [-0.25, -0.2) is 9.97 Å². The average Bonchev–Trinajstić information content (AvgIpc) is 1.67. The number of nitrogens with one attached hydrogen (secondary N) is 5. The van der Waals surface area contributed by atoms with E-state index >= 15 is 0 Å². The van der Waals surface area contributed by atoms with Crippen molar-refractivity contribution in [1.29, 1.82) is 0 Å². The van der Waals surface area contributed by atoms with Crippen molar-refractivity contribution in [3.05, 3.63) is 457 Å². The summed E-state index contributed by atoms with van der Waals surface area (Å²) in [5, 5.41) is 20.0. The quantitative estimate of drug-likeness (QED) is 0.0480. The minimum atomic E-state index is -0.219. The number of pyridine rings is 1. The maximum Gasteiger partial charge on any atom is 0.274 e. The van der Waals surface area contributed by atoms with Crippen LogP contribution in [-0.2, 0) is 32.7 Å². The molecule has 0 aliphatic carbocycles. The lowest BCUT2D eigenvalue weighted by Crippen LogP contribution is -2.13. The molecule has 5 N–H and O–H groups in total. The predicted octanol–water partition coefficient (Wildman–Crippen LogP) is 22.9. The van der Waals surface area contributed by atoms with E-state index in [4.69, 9.17) is 13.3 Å². The van der Waals surface area contributed by atoms with E-state index in [2.05, 4.69) is 226 Å². The number of benzene rings is 10. The van der Waals surface area contributed by atoms with Crippen LogP contribution in [0.2, 0.25) is 0 Å². The van der Waals surface area contributed by atoms with Gasteiger partial charge in [0.1, 0.15) is 30.8 Å². The zero-order valence-electron chi connectivity index (χ0n) is 69.7. The van der Waals surface area contributed by atoms with Crippen LogP contribution in [0.4, 0.5) is 28.4 Å². The minimum absolute atomic E-state index is 0.174. The average molecular weight is 1660 g/mol. The monoisotopic (exact) mass is 1660 g/mol. The molecule has 0 saturated carbocycles. The number of rotatable bonds is 20. The second kappa shape index (κ2) is 39.2. The molecule has 126 heavy (non-hydrogen) atoms. The van der Waals surface area contributed by atoms with Crippen molar-refractivity contribution < 1.29 is 37.2 Å². The molecule has 0 saturated heterocycles. The summed E-state index contributed by atoms with van der Waals surface area (Å²) in [4.78, 5) is 73.9. The molecule has 20 aromatic rings. The molecule has 622 valence electrons. The maximum absolute atomic E-state index is 12.5. The number of aromatic nitrogens is 8. The van der Waals surface area contributed by atoms with Gasteiger partial charge in [0.25, 0.3) is 29.5 Å². The molecule has 0 unspecified atom stereocenters. The van der Waals surface area contributed by atoms with Gasteiger partial charge in [0.05, 0.1) is 97.1 Å². The van der Waals surface area contributed by atoms with Crippen LogP contribution in [0.25, 0.3) is 54.5 Å². The van der Waals surface area contributed by atoms with Crippen LogP contribution in [0, 0.1) is 27.7 Å². The van der Waals surface area contributed by atoms with Gasteiger partial charge < -0.3 is 62.7 Å². The van der Waals surface area contributed by atoms with Crippen LogP contribution in [0.1, 0.15) is 102 Å². The summed E-state index contributed by atoms with van der Waals surface area (Å²) in [6.45, 7) is 12.1. The second-order valence-electron chi connectivity index (χ2n) is 30.5. The number of amides is 5. The van der Waals surface area contributed by atoms with Crippen LogP contribution < -0.4 is 26.6 Å². The number of aryl methyl sites for hydroxylation is 4. The Bertz CT molecular complexity index is 6920. The van der Waals surface area contributed by atoms with Crippen molar-refractivity contribution in [3.8, 4) is 0 Å². The molecule has 20 rings (SSSR count). The molecule has 10 aromatic heterocycles. The Kier molecular flexibility index (Phi) is 25.8. The van der Waals surface area contributed by atoms with Gasteiger partial charge in [-0.1, -0.05) is 241 Å². The molecule has 0 fully saturated rings. The van der Waals surface area contributed by atoms with Crippen LogP contribution in [-0.4, -0.2) is 67.3 Å². The highest BCUT2D eigenvalue weighted by Crippen LogP contribution is 2.34. The standard InChI is InChI=1S/C22H19N3O.C21H18N4O.2C21H18N2O2.C20H16N2O2/c1-16-9-11-17(12-10-16)14-25-15-20(18-6-2-3-8-21(18)25)24-22(26)19-7-4-5-13-23-19;1-15-6-8-16(9-7-15)12-25-13-19(18-4-2-3-5-20(18)25)24-21(26)17-10-22-14-23-11-17;1-15-6-2-3-7-16(15)12-23-13-19(18-8-4-5-9-20(18)23)22-21(24)17-10-11-25-14-17;1-15-6-8-16(9-7-15)12-23-13-19(18-4-2-3-5-20(18)23)22-21(24)17-10-11-25-14-17;23-20(16-10-11-24-14-16)21-18-13-22(12-15-6-2-1-3-7-15)19-9-5-4-8-17(18)19/h2-13,15H,14H2,1H3,(H,24,26);2-11,13-14H,12H2,1H3,(H,24,26);2*2-11,13-14H,12H2,1H3,(H,22,24);1-11,13-14H,12H2,(H,21,23). The Morgan fingerprint density at radius 2 is 0.579 bits per heavy atom. The number of fused-ring (bicyclic) bond motifs is 5. The lowest BCUT2D eigenvalue weighted by atomic mass is 10.1. The number of anilines is 5. The molecular weight excluding hydrogens is 1570 g/mol. The Labute approximate surface area is 726 Å². The Hall–Kier alpha value is -16.7.